The third-order valence-electron chi connectivity index (χ3n) is 6.33. The molecule has 0 saturated carbocycles. The first-order chi connectivity index (χ1) is 15.5. The normalized spacial score (nSPS) is 16.1. The molecule has 0 saturated heterocycles. The summed E-state index contributed by atoms with van der Waals surface area (Å²) in [6.45, 7) is 4.10. The van der Waals surface area contributed by atoms with Crippen LogP contribution < -0.4 is 10.6 Å². The van der Waals surface area contributed by atoms with Crippen LogP contribution in [0, 0.1) is 13.8 Å². The molecule has 1 atom stereocenters. The van der Waals surface area contributed by atoms with E-state index in [0.29, 0.717) is 6.42 Å². The zero-order chi connectivity index (χ0) is 22.2. The monoisotopic (exact) mass is 423 g/mol. The summed E-state index contributed by atoms with van der Waals surface area (Å²) in [5.41, 5.74) is 8.95. The highest BCUT2D eigenvalue weighted by Gasteiger charge is 2.31. The van der Waals surface area contributed by atoms with E-state index in [4.69, 9.17) is 0 Å². The van der Waals surface area contributed by atoms with Gasteiger partial charge in [0.1, 0.15) is 0 Å². The number of anilines is 2. The maximum atomic E-state index is 12.3. The molecule has 2 amide bonds. The summed E-state index contributed by atoms with van der Waals surface area (Å²) in [7, 11) is 0. The Hall–Kier alpha value is -3.86. The number of carbonyl (C=O) groups excluding carboxylic acids is 2. The number of H-pyrrole nitrogens is 1. The van der Waals surface area contributed by atoms with Crippen molar-refractivity contribution < 1.29 is 9.59 Å². The molecule has 0 bridgehead atoms. The van der Waals surface area contributed by atoms with Crippen LogP contribution >= 0.6 is 0 Å². The predicted octanol–water partition coefficient (Wildman–Crippen LogP) is 5.24. The number of fused-ring (bicyclic) bond motifs is 3. The molecular formula is C27H25N3O2. The van der Waals surface area contributed by atoms with E-state index in [-0.39, 0.29) is 17.7 Å². The molecule has 2 aliphatic rings. The van der Waals surface area contributed by atoms with E-state index in [1.54, 1.807) is 0 Å². The summed E-state index contributed by atoms with van der Waals surface area (Å²) in [6, 6.07) is 20.4. The van der Waals surface area contributed by atoms with Crippen molar-refractivity contribution >= 4 is 34.1 Å². The molecule has 6 rings (SSSR count). The molecule has 1 aromatic heterocycles. The molecule has 160 valence electrons. The number of hydrogen-bond acceptors (Lipinski definition) is 2. The van der Waals surface area contributed by atoms with Gasteiger partial charge in [-0.3, -0.25) is 9.59 Å². The van der Waals surface area contributed by atoms with Crippen LogP contribution in [0.5, 0.6) is 0 Å². The largest absolute Gasteiger partial charge is 0.361 e. The fourth-order valence-electron chi connectivity index (χ4n) is 4.67. The molecule has 32 heavy (non-hydrogen) atoms. The third-order valence-corrected chi connectivity index (χ3v) is 6.33. The summed E-state index contributed by atoms with van der Waals surface area (Å²) in [5, 5.41) is 6.99. The van der Waals surface area contributed by atoms with Gasteiger partial charge in [-0.1, -0.05) is 30.3 Å². The third kappa shape index (κ3) is 3.66. The molecule has 1 unspecified atom stereocenters. The minimum atomic E-state index is -0.0856. The van der Waals surface area contributed by atoms with Crippen LogP contribution in [0.2, 0.25) is 0 Å². The van der Waals surface area contributed by atoms with Gasteiger partial charge in [0.2, 0.25) is 11.8 Å². The van der Waals surface area contributed by atoms with E-state index in [1.165, 1.54) is 22.1 Å². The van der Waals surface area contributed by atoms with Gasteiger partial charge in [0, 0.05) is 23.1 Å². The first kappa shape index (κ1) is 20.1. The SMILES string of the molecule is Cc1cccc2c1C(Cc1ccc3[nH]ccc3c1)C(=O)N2.Cc1cccc2c1CC(=O)N2. The quantitative estimate of drug-likeness (QED) is 0.412. The van der Waals surface area contributed by atoms with Gasteiger partial charge in [0.25, 0.3) is 0 Å². The van der Waals surface area contributed by atoms with Crippen molar-refractivity contribution in [1.82, 2.24) is 4.98 Å². The van der Waals surface area contributed by atoms with Crippen LogP contribution in [0.25, 0.3) is 10.9 Å². The smallest absolute Gasteiger partial charge is 0.232 e. The lowest BCUT2D eigenvalue weighted by Gasteiger charge is -2.11. The van der Waals surface area contributed by atoms with E-state index in [9.17, 15) is 9.59 Å². The lowest BCUT2D eigenvalue weighted by Crippen LogP contribution is -2.14. The maximum Gasteiger partial charge on any atom is 0.232 e. The number of carbonyl (C=O) groups is 2. The highest BCUT2D eigenvalue weighted by Crippen LogP contribution is 2.37. The molecular weight excluding hydrogens is 398 g/mol. The summed E-state index contributed by atoms with van der Waals surface area (Å²) in [4.78, 5) is 26.4. The fourth-order valence-corrected chi connectivity index (χ4v) is 4.67. The van der Waals surface area contributed by atoms with Crippen LogP contribution in [0.15, 0.2) is 66.9 Å². The molecule has 3 N–H and O–H groups in total. The Morgan fingerprint density at radius 2 is 1.66 bits per heavy atom. The Morgan fingerprint density at radius 1 is 0.875 bits per heavy atom. The van der Waals surface area contributed by atoms with Gasteiger partial charge in [-0.25, -0.2) is 0 Å². The minimum absolute atomic E-state index is 0.0856. The number of aryl methyl sites for hydroxylation is 2. The maximum absolute atomic E-state index is 12.3. The zero-order valence-corrected chi connectivity index (χ0v) is 18.2. The predicted molar refractivity (Wildman–Crippen MR) is 128 cm³/mol. The molecule has 4 aromatic rings. The van der Waals surface area contributed by atoms with Crippen LogP contribution in [-0.4, -0.2) is 16.8 Å². The summed E-state index contributed by atoms with van der Waals surface area (Å²) in [5.74, 6) is 0.125. The highest BCUT2D eigenvalue weighted by molar-refractivity contribution is 6.03. The first-order valence-corrected chi connectivity index (χ1v) is 10.8. The Kier molecular flexibility index (Phi) is 5.02. The summed E-state index contributed by atoms with van der Waals surface area (Å²) in [6.07, 6.45) is 3.23. The van der Waals surface area contributed by atoms with Crippen molar-refractivity contribution in [3.63, 3.8) is 0 Å². The second-order valence-corrected chi connectivity index (χ2v) is 8.51. The van der Waals surface area contributed by atoms with Crippen LogP contribution in [-0.2, 0) is 22.4 Å². The van der Waals surface area contributed by atoms with E-state index in [0.717, 1.165) is 34.4 Å². The average Bonchev–Trinajstić information content (AvgIpc) is 3.46. The summed E-state index contributed by atoms with van der Waals surface area (Å²) < 4.78 is 0. The number of aromatic nitrogens is 1. The average molecular weight is 424 g/mol. The van der Waals surface area contributed by atoms with Gasteiger partial charge in [0.15, 0.2) is 0 Å². The van der Waals surface area contributed by atoms with E-state index in [1.807, 2.05) is 43.5 Å². The molecule has 3 aromatic carbocycles. The van der Waals surface area contributed by atoms with E-state index in [2.05, 4.69) is 52.9 Å². The highest BCUT2D eigenvalue weighted by atomic mass is 16.2. The second-order valence-electron chi connectivity index (χ2n) is 8.51. The molecule has 0 fully saturated rings. The number of amides is 2. The number of nitrogens with one attached hydrogen (secondary N) is 3. The molecule has 0 radical (unpaired) electrons. The fraction of sp³-hybridized carbons (Fsp3) is 0.185. The molecule has 5 heteroatoms. The molecule has 5 nitrogen and oxygen atoms in total. The van der Waals surface area contributed by atoms with Crippen molar-refractivity contribution in [1.29, 1.82) is 0 Å². The number of benzene rings is 3. The van der Waals surface area contributed by atoms with Crippen LogP contribution in [0.1, 0.15) is 33.7 Å². The van der Waals surface area contributed by atoms with Crippen molar-refractivity contribution in [2.45, 2.75) is 32.6 Å². The number of hydrogen-bond donors (Lipinski definition) is 3. The lowest BCUT2D eigenvalue weighted by atomic mass is 9.90. The number of rotatable bonds is 2. The van der Waals surface area contributed by atoms with Gasteiger partial charge in [-0.05, 0) is 83.8 Å². The standard InChI is InChI=1S/C18H16N2O.C9H9NO/c1-11-3-2-4-16-17(11)14(18(21)20-16)10-12-5-6-15-13(9-12)7-8-19-15;1-6-3-2-4-8-7(6)5-9(11)10-8/h2-9,14,19H,10H2,1H3,(H,20,21);2-4H,5H2,1H3,(H,10,11). The second kappa shape index (κ2) is 8.00. The lowest BCUT2D eigenvalue weighted by molar-refractivity contribution is -0.117. The Bertz CT molecular complexity index is 1350. The molecule has 3 heterocycles. The van der Waals surface area contributed by atoms with Gasteiger partial charge < -0.3 is 15.6 Å². The number of aromatic amines is 1. The Balaban J connectivity index is 0.000000165. The van der Waals surface area contributed by atoms with Gasteiger partial charge >= 0.3 is 0 Å². The van der Waals surface area contributed by atoms with Crippen molar-refractivity contribution in [3.05, 3.63) is 94.7 Å². The van der Waals surface area contributed by atoms with Gasteiger partial charge in [0.05, 0.1) is 12.3 Å². The van der Waals surface area contributed by atoms with Crippen LogP contribution in [0.4, 0.5) is 11.4 Å². The topological polar surface area (TPSA) is 74.0 Å². The molecule has 0 spiro atoms. The van der Waals surface area contributed by atoms with E-state index < -0.39 is 0 Å². The first-order valence-electron chi connectivity index (χ1n) is 10.8. The van der Waals surface area contributed by atoms with Crippen molar-refractivity contribution in [2.24, 2.45) is 0 Å². The van der Waals surface area contributed by atoms with Crippen molar-refractivity contribution in [3.8, 4) is 0 Å². The molecule has 2 aliphatic heterocycles. The van der Waals surface area contributed by atoms with Gasteiger partial charge in [-0.2, -0.15) is 0 Å². The Labute approximate surface area is 186 Å². The van der Waals surface area contributed by atoms with E-state index >= 15 is 0 Å². The summed E-state index contributed by atoms with van der Waals surface area (Å²) >= 11 is 0. The van der Waals surface area contributed by atoms with Gasteiger partial charge in [-0.15, -0.1) is 0 Å². The van der Waals surface area contributed by atoms with Crippen molar-refractivity contribution in [2.75, 3.05) is 10.6 Å². The molecule has 0 aliphatic carbocycles. The van der Waals surface area contributed by atoms with Crippen LogP contribution in [0.3, 0.4) is 0 Å². The Morgan fingerprint density at radius 3 is 2.47 bits per heavy atom. The minimum Gasteiger partial charge on any atom is -0.361 e. The zero-order valence-electron chi connectivity index (χ0n) is 18.2.